The maximum absolute atomic E-state index is 13.2. The number of carbonyl (C=O) groups excluding carboxylic acids is 2. The first-order chi connectivity index (χ1) is 15.1. The molecule has 158 valence electrons. The summed E-state index contributed by atoms with van der Waals surface area (Å²) in [4.78, 5) is 26.6. The Hall–Kier alpha value is -3.31. The molecule has 0 unspecified atom stereocenters. The van der Waals surface area contributed by atoms with E-state index < -0.39 is 0 Å². The number of esters is 1. The number of anilines is 1. The van der Waals surface area contributed by atoms with Crippen molar-refractivity contribution < 1.29 is 19.1 Å². The third-order valence-corrected chi connectivity index (χ3v) is 5.42. The molecule has 0 saturated carbocycles. The normalized spacial score (nSPS) is 12.6. The van der Waals surface area contributed by atoms with Gasteiger partial charge in [0.05, 0.1) is 12.1 Å². The van der Waals surface area contributed by atoms with Crippen molar-refractivity contribution in [3.63, 3.8) is 0 Å². The van der Waals surface area contributed by atoms with Crippen molar-refractivity contribution in [2.75, 3.05) is 4.90 Å². The highest BCUT2D eigenvalue weighted by Crippen LogP contribution is 2.38. The van der Waals surface area contributed by atoms with E-state index in [1.54, 1.807) is 41.3 Å². The minimum Gasteiger partial charge on any atom is -0.488 e. The number of carbonyl (C=O) groups is 2. The van der Waals surface area contributed by atoms with Crippen LogP contribution in [0, 0.1) is 0 Å². The van der Waals surface area contributed by atoms with Crippen LogP contribution in [0.25, 0.3) is 0 Å². The summed E-state index contributed by atoms with van der Waals surface area (Å²) in [5, 5.41) is 0.531. The summed E-state index contributed by atoms with van der Waals surface area (Å²) >= 11 is 6.40. The first kappa shape index (κ1) is 20.9. The third-order valence-electron chi connectivity index (χ3n) is 5.06. The van der Waals surface area contributed by atoms with Gasteiger partial charge in [-0.15, -0.1) is 0 Å². The van der Waals surface area contributed by atoms with Crippen LogP contribution in [0.2, 0.25) is 5.02 Å². The molecule has 1 heterocycles. The Balaban J connectivity index is 1.53. The maximum Gasteiger partial charge on any atom is 0.311 e. The minimum absolute atomic E-state index is 0.170. The van der Waals surface area contributed by atoms with Crippen LogP contribution < -0.4 is 14.4 Å². The van der Waals surface area contributed by atoms with Gasteiger partial charge in [-0.25, -0.2) is 0 Å². The molecule has 1 amide bonds. The lowest BCUT2D eigenvalue weighted by atomic mass is 10.1. The smallest absolute Gasteiger partial charge is 0.311 e. The Morgan fingerprint density at radius 1 is 1.03 bits per heavy atom. The average molecular weight is 436 g/mol. The van der Waals surface area contributed by atoms with Crippen LogP contribution in [0.5, 0.6) is 11.5 Å². The zero-order valence-corrected chi connectivity index (χ0v) is 17.9. The molecular weight excluding hydrogens is 414 g/mol. The van der Waals surface area contributed by atoms with Crippen molar-refractivity contribution in [1.29, 1.82) is 0 Å². The van der Waals surface area contributed by atoms with Crippen LogP contribution in [0.4, 0.5) is 5.69 Å². The SMILES string of the molecule is CCCC(=O)Oc1ccc(N2Cc3c(Cl)ccc(OCc4ccccc4)c3C2=O)cc1. The van der Waals surface area contributed by atoms with Crippen molar-refractivity contribution in [3.8, 4) is 11.5 Å². The molecule has 1 aliphatic rings. The lowest BCUT2D eigenvalue weighted by molar-refractivity contribution is -0.134. The van der Waals surface area contributed by atoms with Crippen LogP contribution in [-0.2, 0) is 17.9 Å². The van der Waals surface area contributed by atoms with Crippen LogP contribution in [-0.4, -0.2) is 11.9 Å². The van der Waals surface area contributed by atoms with Crippen molar-refractivity contribution in [2.24, 2.45) is 0 Å². The Labute approximate surface area is 186 Å². The largest absolute Gasteiger partial charge is 0.488 e. The van der Waals surface area contributed by atoms with Gasteiger partial charge in [0.2, 0.25) is 0 Å². The van der Waals surface area contributed by atoms with Gasteiger partial charge < -0.3 is 14.4 Å². The van der Waals surface area contributed by atoms with Crippen LogP contribution in [0.15, 0.2) is 66.7 Å². The van der Waals surface area contributed by atoms with Gasteiger partial charge in [-0.2, -0.15) is 0 Å². The van der Waals surface area contributed by atoms with E-state index in [0.29, 0.717) is 47.3 Å². The predicted octanol–water partition coefficient (Wildman–Crippen LogP) is 5.78. The number of nitrogens with zero attached hydrogens (tertiary/aromatic N) is 1. The third kappa shape index (κ3) is 4.57. The van der Waals surface area contributed by atoms with Crippen molar-refractivity contribution >= 4 is 29.2 Å². The van der Waals surface area contributed by atoms with Gasteiger partial charge >= 0.3 is 5.97 Å². The highest BCUT2D eigenvalue weighted by molar-refractivity contribution is 6.32. The van der Waals surface area contributed by atoms with Gasteiger partial charge in [0.1, 0.15) is 18.1 Å². The monoisotopic (exact) mass is 435 g/mol. The second kappa shape index (κ2) is 9.23. The molecule has 6 heteroatoms. The molecule has 0 N–H and O–H groups in total. The quantitative estimate of drug-likeness (QED) is 0.348. The number of halogens is 1. The molecule has 0 bridgehead atoms. The van der Waals surface area contributed by atoms with Crippen LogP contribution >= 0.6 is 11.6 Å². The molecular formula is C25H22ClNO4. The molecule has 1 aliphatic heterocycles. The molecule has 0 radical (unpaired) electrons. The lowest BCUT2D eigenvalue weighted by Crippen LogP contribution is -2.23. The fourth-order valence-electron chi connectivity index (χ4n) is 3.50. The zero-order chi connectivity index (χ0) is 21.8. The van der Waals surface area contributed by atoms with Gasteiger partial charge in [0.15, 0.2) is 0 Å². The number of benzene rings is 3. The molecule has 0 fully saturated rings. The van der Waals surface area contributed by atoms with E-state index >= 15 is 0 Å². The van der Waals surface area contributed by atoms with Crippen molar-refractivity contribution in [1.82, 2.24) is 0 Å². The number of fused-ring (bicyclic) bond motifs is 1. The van der Waals surface area contributed by atoms with Crippen LogP contribution in [0.3, 0.4) is 0 Å². The highest BCUT2D eigenvalue weighted by Gasteiger charge is 2.33. The summed E-state index contributed by atoms with van der Waals surface area (Å²) in [7, 11) is 0. The Morgan fingerprint density at radius 3 is 2.48 bits per heavy atom. The number of amides is 1. The summed E-state index contributed by atoms with van der Waals surface area (Å²) < 4.78 is 11.3. The molecule has 0 aromatic heterocycles. The second-order valence-electron chi connectivity index (χ2n) is 7.28. The number of rotatable bonds is 7. The Kier molecular flexibility index (Phi) is 6.23. The molecule has 3 aromatic carbocycles. The van der Waals surface area contributed by atoms with Crippen molar-refractivity contribution in [3.05, 3.63) is 88.4 Å². The first-order valence-electron chi connectivity index (χ1n) is 10.2. The summed E-state index contributed by atoms with van der Waals surface area (Å²) in [6.45, 7) is 2.63. The van der Waals surface area contributed by atoms with Gasteiger partial charge in [-0.1, -0.05) is 48.9 Å². The predicted molar refractivity (Wildman–Crippen MR) is 120 cm³/mol. The van der Waals surface area contributed by atoms with Crippen LogP contribution in [0.1, 0.15) is 41.3 Å². The lowest BCUT2D eigenvalue weighted by Gasteiger charge is -2.16. The Bertz CT molecular complexity index is 1100. The number of ether oxygens (including phenoxy) is 2. The molecule has 3 aromatic rings. The highest BCUT2D eigenvalue weighted by atomic mass is 35.5. The topological polar surface area (TPSA) is 55.8 Å². The summed E-state index contributed by atoms with van der Waals surface area (Å²) in [6.07, 6.45) is 1.10. The van der Waals surface area contributed by atoms with E-state index in [4.69, 9.17) is 21.1 Å². The minimum atomic E-state index is -0.271. The fraction of sp³-hybridized carbons (Fsp3) is 0.200. The molecule has 0 spiro atoms. The molecule has 31 heavy (non-hydrogen) atoms. The van der Waals surface area contributed by atoms with Crippen molar-refractivity contribution in [2.45, 2.75) is 32.9 Å². The van der Waals surface area contributed by atoms with Gasteiger partial charge in [0.25, 0.3) is 5.91 Å². The second-order valence-corrected chi connectivity index (χ2v) is 7.69. The standard InChI is InChI=1S/C25H22ClNO4/c1-2-6-23(28)31-19-11-9-18(10-12-19)27-15-20-21(26)13-14-22(24(20)25(27)29)30-16-17-7-4-3-5-8-17/h3-5,7-14H,2,6,15-16H2,1H3. The molecule has 0 aliphatic carbocycles. The van der Waals surface area contributed by atoms with Gasteiger partial charge in [-0.3, -0.25) is 9.59 Å². The Morgan fingerprint density at radius 2 is 1.77 bits per heavy atom. The summed E-state index contributed by atoms with van der Waals surface area (Å²) in [5.74, 6) is 0.528. The average Bonchev–Trinajstić information content (AvgIpc) is 3.13. The van der Waals surface area contributed by atoms with Gasteiger partial charge in [-0.05, 0) is 48.4 Å². The number of hydrogen-bond donors (Lipinski definition) is 0. The molecule has 0 saturated heterocycles. The first-order valence-corrected chi connectivity index (χ1v) is 10.6. The van der Waals surface area contributed by atoms with Gasteiger partial charge in [0, 0.05) is 22.7 Å². The molecule has 4 rings (SSSR count). The fourth-order valence-corrected chi connectivity index (χ4v) is 3.72. The maximum atomic E-state index is 13.2. The summed E-state index contributed by atoms with van der Waals surface area (Å²) in [6, 6.07) is 20.2. The molecule has 0 atom stereocenters. The van der Waals surface area contributed by atoms with E-state index in [2.05, 4.69) is 0 Å². The van der Waals surface area contributed by atoms with E-state index in [0.717, 1.165) is 17.5 Å². The van der Waals surface area contributed by atoms with E-state index in [-0.39, 0.29) is 11.9 Å². The number of hydrogen-bond acceptors (Lipinski definition) is 4. The van der Waals surface area contributed by atoms with E-state index in [1.807, 2.05) is 37.3 Å². The summed E-state index contributed by atoms with van der Waals surface area (Å²) in [5.41, 5.74) is 2.95. The van der Waals surface area contributed by atoms with E-state index in [9.17, 15) is 9.59 Å². The molecule has 5 nitrogen and oxygen atoms in total. The van der Waals surface area contributed by atoms with E-state index in [1.165, 1.54) is 0 Å². The zero-order valence-electron chi connectivity index (χ0n) is 17.1.